The van der Waals surface area contributed by atoms with Crippen molar-refractivity contribution in [3.8, 4) is 11.5 Å². The summed E-state index contributed by atoms with van der Waals surface area (Å²) in [6.45, 7) is 4.05. The topological polar surface area (TPSA) is 27.7 Å². The van der Waals surface area contributed by atoms with Crippen molar-refractivity contribution in [1.82, 2.24) is 0 Å². The van der Waals surface area contributed by atoms with E-state index in [4.69, 9.17) is 14.2 Å². The normalized spacial score (nSPS) is 27.9. The first-order valence-corrected chi connectivity index (χ1v) is 12.2. The molecule has 34 heavy (non-hydrogen) atoms. The average molecular weight is 497 g/mol. The van der Waals surface area contributed by atoms with Gasteiger partial charge in [0.2, 0.25) is 0 Å². The molecule has 2 saturated carbocycles. The summed E-state index contributed by atoms with van der Waals surface area (Å²) in [5.74, 6) is -6.23. The van der Waals surface area contributed by atoms with E-state index in [-0.39, 0.29) is 44.3 Å². The lowest BCUT2D eigenvalue weighted by Crippen LogP contribution is -2.46. The SMILES string of the molecule is CCCC1CCC(C(F)(F)OC2CCC(C(F)(F)Oc3ccc(OCC)cc3)CC2)CC1(F)F. The molecule has 0 aliphatic heterocycles. The number of hydrogen-bond acceptors (Lipinski definition) is 3. The quantitative estimate of drug-likeness (QED) is 0.307. The van der Waals surface area contributed by atoms with Gasteiger partial charge in [-0.2, -0.15) is 17.6 Å². The van der Waals surface area contributed by atoms with Gasteiger partial charge in [-0.05, 0) is 76.1 Å². The zero-order valence-corrected chi connectivity index (χ0v) is 19.7. The second-order valence-corrected chi connectivity index (χ2v) is 9.45. The Bertz CT molecular complexity index is 762. The van der Waals surface area contributed by atoms with Crippen molar-refractivity contribution < 1.29 is 40.6 Å². The summed E-state index contributed by atoms with van der Waals surface area (Å²) in [5.41, 5.74) is 0. The van der Waals surface area contributed by atoms with E-state index < -0.39 is 48.4 Å². The van der Waals surface area contributed by atoms with E-state index in [0.29, 0.717) is 25.2 Å². The second kappa shape index (κ2) is 11.0. The van der Waals surface area contributed by atoms with Crippen LogP contribution in [0.15, 0.2) is 24.3 Å². The molecule has 2 fully saturated rings. The fourth-order valence-electron chi connectivity index (χ4n) is 5.05. The molecule has 3 nitrogen and oxygen atoms in total. The van der Waals surface area contributed by atoms with Gasteiger partial charge in [0.1, 0.15) is 11.5 Å². The van der Waals surface area contributed by atoms with Crippen LogP contribution in [-0.2, 0) is 4.74 Å². The maximum atomic E-state index is 14.7. The molecule has 1 aromatic rings. The van der Waals surface area contributed by atoms with Crippen LogP contribution < -0.4 is 9.47 Å². The molecule has 2 aliphatic rings. The molecule has 2 atom stereocenters. The van der Waals surface area contributed by atoms with Crippen LogP contribution >= 0.6 is 0 Å². The van der Waals surface area contributed by atoms with Crippen molar-refractivity contribution in [2.45, 2.75) is 95.9 Å². The molecule has 0 aromatic heterocycles. The fraction of sp³-hybridized carbons (Fsp3) is 0.760. The molecule has 0 radical (unpaired) electrons. The van der Waals surface area contributed by atoms with E-state index in [1.165, 1.54) is 24.3 Å². The lowest BCUT2D eigenvalue weighted by molar-refractivity contribution is -0.316. The van der Waals surface area contributed by atoms with Crippen molar-refractivity contribution >= 4 is 0 Å². The molecule has 0 bridgehead atoms. The molecular weight excluding hydrogens is 462 g/mol. The zero-order chi connectivity index (χ0) is 25.0. The van der Waals surface area contributed by atoms with Crippen molar-refractivity contribution in [2.24, 2.45) is 17.8 Å². The Morgan fingerprint density at radius 3 is 1.97 bits per heavy atom. The lowest BCUT2D eigenvalue weighted by Gasteiger charge is -2.40. The molecule has 0 N–H and O–H groups in total. The second-order valence-electron chi connectivity index (χ2n) is 9.45. The van der Waals surface area contributed by atoms with Crippen molar-refractivity contribution in [3.63, 3.8) is 0 Å². The van der Waals surface area contributed by atoms with Gasteiger partial charge < -0.3 is 14.2 Å². The Hall–Kier alpha value is -1.64. The molecule has 2 unspecified atom stereocenters. The molecule has 194 valence electrons. The van der Waals surface area contributed by atoms with Crippen molar-refractivity contribution in [2.75, 3.05) is 6.61 Å². The van der Waals surface area contributed by atoms with Crippen molar-refractivity contribution in [1.29, 1.82) is 0 Å². The van der Waals surface area contributed by atoms with Gasteiger partial charge in [0, 0.05) is 12.3 Å². The Labute approximate surface area is 197 Å². The van der Waals surface area contributed by atoms with E-state index in [1.807, 2.05) is 6.92 Å². The number of rotatable bonds is 10. The largest absolute Gasteiger partial charge is 0.494 e. The van der Waals surface area contributed by atoms with Crippen LogP contribution in [0.3, 0.4) is 0 Å². The minimum Gasteiger partial charge on any atom is -0.494 e. The van der Waals surface area contributed by atoms with Gasteiger partial charge >= 0.3 is 12.2 Å². The minimum atomic E-state index is -3.71. The summed E-state index contributed by atoms with van der Waals surface area (Å²) in [5, 5.41) is 0. The zero-order valence-electron chi connectivity index (χ0n) is 19.7. The number of halogens is 6. The highest BCUT2D eigenvalue weighted by molar-refractivity contribution is 5.31. The maximum Gasteiger partial charge on any atom is 0.400 e. The van der Waals surface area contributed by atoms with E-state index in [2.05, 4.69) is 0 Å². The maximum absolute atomic E-state index is 14.7. The van der Waals surface area contributed by atoms with Gasteiger partial charge in [-0.25, -0.2) is 8.78 Å². The molecule has 0 spiro atoms. The number of ether oxygens (including phenoxy) is 3. The first-order valence-electron chi connectivity index (χ1n) is 12.2. The van der Waals surface area contributed by atoms with Gasteiger partial charge in [0.05, 0.1) is 24.5 Å². The van der Waals surface area contributed by atoms with Crippen LogP contribution in [0.2, 0.25) is 0 Å². The molecular formula is C25H34F6O3. The summed E-state index contributed by atoms with van der Waals surface area (Å²) in [6.07, 6.45) is -8.30. The summed E-state index contributed by atoms with van der Waals surface area (Å²) in [7, 11) is 0. The fourth-order valence-corrected chi connectivity index (χ4v) is 5.05. The first-order chi connectivity index (χ1) is 16.0. The summed E-state index contributed by atoms with van der Waals surface area (Å²) >= 11 is 0. The van der Waals surface area contributed by atoms with Gasteiger partial charge in [0.25, 0.3) is 5.92 Å². The van der Waals surface area contributed by atoms with Crippen LogP contribution in [0, 0.1) is 17.8 Å². The minimum absolute atomic E-state index is 0.00986. The Morgan fingerprint density at radius 1 is 0.824 bits per heavy atom. The Balaban J connectivity index is 1.50. The third-order valence-electron chi connectivity index (χ3n) is 6.95. The van der Waals surface area contributed by atoms with Crippen LogP contribution in [0.5, 0.6) is 11.5 Å². The smallest absolute Gasteiger partial charge is 0.400 e. The van der Waals surface area contributed by atoms with E-state index in [0.717, 1.165) is 0 Å². The summed E-state index contributed by atoms with van der Waals surface area (Å²) in [6, 6.07) is 5.83. The monoisotopic (exact) mass is 496 g/mol. The Kier molecular flexibility index (Phi) is 8.69. The van der Waals surface area contributed by atoms with Crippen molar-refractivity contribution in [3.05, 3.63) is 24.3 Å². The van der Waals surface area contributed by atoms with E-state index >= 15 is 0 Å². The molecule has 0 amide bonds. The van der Waals surface area contributed by atoms with Crippen LogP contribution in [0.4, 0.5) is 26.3 Å². The highest BCUT2D eigenvalue weighted by atomic mass is 19.3. The number of hydrogen-bond donors (Lipinski definition) is 0. The van der Waals surface area contributed by atoms with E-state index in [9.17, 15) is 26.3 Å². The molecule has 0 saturated heterocycles. The highest BCUT2D eigenvalue weighted by Gasteiger charge is 2.54. The third-order valence-corrected chi connectivity index (χ3v) is 6.95. The standard InChI is InChI=1S/C25H34F6O3/c1-3-5-17-6-7-19(16-23(17,26)27)25(30,31)34-21-10-8-18(9-11-21)24(28,29)33-22-14-12-20(13-15-22)32-4-2/h12-15,17-19,21H,3-11,16H2,1-2H3. The molecule has 0 heterocycles. The first kappa shape index (κ1) is 27.0. The van der Waals surface area contributed by atoms with Crippen LogP contribution in [0.25, 0.3) is 0 Å². The van der Waals surface area contributed by atoms with Gasteiger partial charge in [-0.15, -0.1) is 0 Å². The summed E-state index contributed by atoms with van der Waals surface area (Å²) in [4.78, 5) is 0. The predicted molar refractivity (Wildman–Crippen MR) is 116 cm³/mol. The van der Waals surface area contributed by atoms with Gasteiger partial charge in [-0.3, -0.25) is 0 Å². The van der Waals surface area contributed by atoms with Gasteiger partial charge in [-0.1, -0.05) is 13.3 Å². The van der Waals surface area contributed by atoms with E-state index in [1.54, 1.807) is 6.92 Å². The number of benzene rings is 1. The third kappa shape index (κ3) is 6.73. The predicted octanol–water partition coefficient (Wildman–Crippen LogP) is 8.08. The Morgan fingerprint density at radius 2 is 1.41 bits per heavy atom. The van der Waals surface area contributed by atoms with Crippen LogP contribution in [0.1, 0.15) is 71.6 Å². The summed E-state index contributed by atoms with van der Waals surface area (Å²) < 4.78 is 103. The molecule has 2 aliphatic carbocycles. The lowest BCUT2D eigenvalue weighted by atomic mass is 9.76. The number of alkyl halides is 6. The molecule has 9 heteroatoms. The highest BCUT2D eigenvalue weighted by Crippen LogP contribution is 2.49. The molecule has 3 rings (SSSR count). The average Bonchev–Trinajstić information content (AvgIpc) is 2.76. The van der Waals surface area contributed by atoms with Gasteiger partial charge in [0.15, 0.2) is 0 Å². The molecule has 1 aromatic carbocycles. The van der Waals surface area contributed by atoms with Crippen LogP contribution in [-0.4, -0.2) is 30.9 Å².